The average Bonchev–Trinajstić information content (AvgIpc) is 3.27. The lowest BCUT2D eigenvalue weighted by Crippen LogP contribution is -2.11. The molecule has 3 nitrogen and oxygen atoms in total. The number of aromatic nitrogens is 3. The number of hydrogen-bond acceptors (Lipinski definition) is 2. The van der Waals surface area contributed by atoms with Crippen LogP contribution in [0.15, 0.2) is 72.8 Å². The highest BCUT2D eigenvalue weighted by Crippen LogP contribution is 2.40. The van der Waals surface area contributed by atoms with Gasteiger partial charge in [0.2, 0.25) is 0 Å². The highest BCUT2D eigenvalue weighted by atomic mass is 19.4. The summed E-state index contributed by atoms with van der Waals surface area (Å²) in [4.78, 5) is 0. The second kappa shape index (κ2) is 5.44. The van der Waals surface area contributed by atoms with Crippen molar-refractivity contribution in [2.75, 3.05) is 0 Å². The van der Waals surface area contributed by atoms with Crippen LogP contribution in [0.1, 0.15) is 5.69 Å². The van der Waals surface area contributed by atoms with Crippen molar-refractivity contribution in [3.63, 3.8) is 0 Å². The molecule has 0 fully saturated rings. The van der Waals surface area contributed by atoms with Gasteiger partial charge in [-0.25, -0.2) is 0 Å². The Kier molecular flexibility index (Phi) is 3.06. The van der Waals surface area contributed by atoms with E-state index in [0.717, 1.165) is 32.9 Å². The minimum Gasteiger partial charge on any atom is -0.306 e. The minimum absolute atomic E-state index is 0.0505. The molecule has 0 spiro atoms. The average molecular weight is 387 g/mol. The summed E-state index contributed by atoms with van der Waals surface area (Å²) in [6, 6.07) is 22.5. The van der Waals surface area contributed by atoms with Crippen LogP contribution in [0.25, 0.3) is 49.4 Å². The molecule has 0 bridgehead atoms. The molecule has 0 aliphatic rings. The smallest absolute Gasteiger partial charge is 0.306 e. The molecule has 0 N–H and O–H groups in total. The maximum absolute atomic E-state index is 13.5. The highest BCUT2D eigenvalue weighted by Gasteiger charge is 2.36. The van der Waals surface area contributed by atoms with Crippen molar-refractivity contribution in [2.24, 2.45) is 0 Å². The van der Waals surface area contributed by atoms with Crippen LogP contribution < -0.4 is 0 Å². The van der Waals surface area contributed by atoms with E-state index >= 15 is 0 Å². The van der Waals surface area contributed by atoms with E-state index in [0.29, 0.717) is 11.1 Å². The van der Waals surface area contributed by atoms with Gasteiger partial charge in [0.05, 0.1) is 16.7 Å². The van der Waals surface area contributed by atoms with Crippen LogP contribution >= 0.6 is 0 Å². The number of para-hydroxylation sites is 2. The first-order valence-electron chi connectivity index (χ1n) is 9.11. The number of alkyl halides is 3. The molecule has 140 valence electrons. The number of nitrogens with zero attached hydrogens (tertiary/aromatic N) is 3. The molecule has 0 aliphatic heterocycles. The molecular weight excluding hydrogens is 375 g/mol. The van der Waals surface area contributed by atoms with Gasteiger partial charge in [-0.3, -0.25) is 0 Å². The topological polar surface area (TPSA) is 30.2 Å². The Morgan fingerprint density at radius 2 is 1.38 bits per heavy atom. The summed E-state index contributed by atoms with van der Waals surface area (Å²) in [6.45, 7) is 0. The monoisotopic (exact) mass is 387 g/mol. The molecule has 6 aromatic rings. The third kappa shape index (κ3) is 2.14. The van der Waals surface area contributed by atoms with Crippen molar-refractivity contribution in [3.8, 4) is 11.4 Å². The quantitative estimate of drug-likeness (QED) is 0.331. The first-order chi connectivity index (χ1) is 14.0. The lowest BCUT2D eigenvalue weighted by molar-refractivity contribution is -0.140. The highest BCUT2D eigenvalue weighted by molar-refractivity contribution is 6.16. The molecule has 0 saturated carbocycles. The van der Waals surface area contributed by atoms with E-state index in [1.165, 1.54) is 6.07 Å². The van der Waals surface area contributed by atoms with E-state index < -0.39 is 11.9 Å². The molecular formula is C23H12F3N3. The first kappa shape index (κ1) is 16.3. The van der Waals surface area contributed by atoms with Crippen LogP contribution in [0.3, 0.4) is 0 Å². The van der Waals surface area contributed by atoms with Crippen LogP contribution in [-0.4, -0.2) is 14.6 Å². The predicted octanol–water partition coefficient (Wildman–Crippen LogP) is 6.31. The van der Waals surface area contributed by atoms with E-state index in [1.54, 1.807) is 18.2 Å². The SMILES string of the molecule is FC(F)(F)c1nnc(-c2cc3cccc4c5ccccc5n2c34)c2ccccc12. The van der Waals surface area contributed by atoms with Crippen LogP contribution in [0.2, 0.25) is 0 Å². The molecule has 0 saturated heterocycles. The third-order valence-corrected chi connectivity index (χ3v) is 5.46. The molecule has 3 aromatic heterocycles. The standard InChI is InChI=1S/C23H12F3N3/c24-23(25,26)22-17-9-2-1-8-15(17)20(27-28-22)19-12-13-6-5-10-16-14-7-3-4-11-18(14)29(19)21(13)16/h1-12H. The van der Waals surface area contributed by atoms with Crippen molar-refractivity contribution >= 4 is 38.0 Å². The van der Waals surface area contributed by atoms with Crippen LogP contribution in [0, 0.1) is 0 Å². The summed E-state index contributed by atoms with van der Waals surface area (Å²) in [5, 5.41) is 11.3. The molecule has 0 unspecified atom stereocenters. The third-order valence-electron chi connectivity index (χ3n) is 5.46. The molecule has 6 heteroatoms. The molecule has 0 atom stereocenters. The van der Waals surface area contributed by atoms with Gasteiger partial charge in [0.15, 0.2) is 5.69 Å². The summed E-state index contributed by atoms with van der Waals surface area (Å²) in [5.74, 6) is 0. The van der Waals surface area contributed by atoms with Gasteiger partial charge in [0.1, 0.15) is 5.69 Å². The first-order valence-corrected chi connectivity index (χ1v) is 9.11. The van der Waals surface area contributed by atoms with Gasteiger partial charge in [-0.2, -0.15) is 13.2 Å². The van der Waals surface area contributed by atoms with E-state index in [1.807, 2.05) is 36.4 Å². The number of rotatable bonds is 1. The lowest BCUT2D eigenvalue weighted by Gasteiger charge is -2.11. The Labute approximate surface area is 162 Å². The summed E-state index contributed by atoms with van der Waals surface area (Å²) >= 11 is 0. The van der Waals surface area contributed by atoms with E-state index in [4.69, 9.17) is 0 Å². The summed E-state index contributed by atoms with van der Waals surface area (Å²) in [5.41, 5.74) is 2.23. The number of hydrogen-bond donors (Lipinski definition) is 0. The van der Waals surface area contributed by atoms with Gasteiger partial charge >= 0.3 is 6.18 Å². The van der Waals surface area contributed by atoms with Gasteiger partial charge in [-0.15, -0.1) is 10.2 Å². The Morgan fingerprint density at radius 3 is 2.17 bits per heavy atom. The van der Waals surface area contributed by atoms with Gasteiger partial charge < -0.3 is 4.40 Å². The van der Waals surface area contributed by atoms with Gasteiger partial charge in [0, 0.05) is 26.9 Å². The van der Waals surface area contributed by atoms with Crippen LogP contribution in [0.4, 0.5) is 13.2 Å². The zero-order valence-corrected chi connectivity index (χ0v) is 14.9. The maximum atomic E-state index is 13.5. The fourth-order valence-corrected chi connectivity index (χ4v) is 4.30. The van der Waals surface area contributed by atoms with Gasteiger partial charge in [-0.1, -0.05) is 60.7 Å². The van der Waals surface area contributed by atoms with Gasteiger partial charge in [0.25, 0.3) is 0 Å². The Balaban J connectivity index is 1.79. The molecule has 0 aliphatic carbocycles. The normalized spacial score (nSPS) is 12.7. The van der Waals surface area contributed by atoms with E-state index in [9.17, 15) is 13.2 Å². The Morgan fingerprint density at radius 1 is 0.690 bits per heavy atom. The van der Waals surface area contributed by atoms with Crippen LogP contribution in [-0.2, 0) is 6.18 Å². The second-order valence-electron chi connectivity index (χ2n) is 7.07. The number of fused-ring (bicyclic) bond motifs is 4. The molecule has 6 rings (SSSR count). The van der Waals surface area contributed by atoms with Crippen molar-refractivity contribution in [1.29, 1.82) is 0 Å². The number of benzene rings is 3. The molecule has 0 amide bonds. The summed E-state index contributed by atoms with van der Waals surface area (Å²) < 4.78 is 42.5. The second-order valence-corrected chi connectivity index (χ2v) is 7.07. The minimum atomic E-state index is -4.56. The summed E-state index contributed by atoms with van der Waals surface area (Å²) in [6.07, 6.45) is -4.56. The fraction of sp³-hybridized carbons (Fsp3) is 0.0435. The molecule has 29 heavy (non-hydrogen) atoms. The molecule has 3 aromatic carbocycles. The van der Waals surface area contributed by atoms with Gasteiger partial charge in [-0.05, 0) is 12.1 Å². The molecule has 0 radical (unpaired) electrons. The zero-order chi connectivity index (χ0) is 19.8. The van der Waals surface area contributed by atoms with Crippen LogP contribution in [0.5, 0.6) is 0 Å². The fourth-order valence-electron chi connectivity index (χ4n) is 4.30. The lowest BCUT2D eigenvalue weighted by atomic mass is 10.1. The summed E-state index contributed by atoms with van der Waals surface area (Å²) in [7, 11) is 0. The van der Waals surface area contributed by atoms with Crippen molar-refractivity contribution in [1.82, 2.24) is 14.6 Å². The number of halogens is 3. The Hall–Kier alpha value is -3.67. The van der Waals surface area contributed by atoms with Crippen molar-refractivity contribution in [2.45, 2.75) is 6.18 Å². The van der Waals surface area contributed by atoms with E-state index in [2.05, 4.69) is 26.7 Å². The van der Waals surface area contributed by atoms with Crippen molar-refractivity contribution in [3.05, 3.63) is 78.5 Å². The van der Waals surface area contributed by atoms with Crippen molar-refractivity contribution < 1.29 is 13.2 Å². The largest absolute Gasteiger partial charge is 0.435 e. The Bertz CT molecular complexity index is 1550. The predicted molar refractivity (Wildman–Crippen MR) is 107 cm³/mol. The zero-order valence-electron chi connectivity index (χ0n) is 14.9. The molecule has 3 heterocycles. The van der Waals surface area contributed by atoms with E-state index in [-0.39, 0.29) is 5.39 Å². The maximum Gasteiger partial charge on any atom is 0.435 e.